The average Bonchev–Trinajstić information content (AvgIpc) is 2.64. The lowest BCUT2D eigenvalue weighted by Crippen LogP contribution is -2.45. The fourth-order valence-corrected chi connectivity index (χ4v) is 3.81. The minimum Gasteiger partial charge on any atom is -0.352 e. The average molecular weight is 368 g/mol. The highest BCUT2D eigenvalue weighted by molar-refractivity contribution is 7.80. The van der Waals surface area contributed by atoms with E-state index in [1.807, 2.05) is 0 Å². The third kappa shape index (κ3) is 3.40. The summed E-state index contributed by atoms with van der Waals surface area (Å²) in [4.78, 5) is 0. The topological polar surface area (TPSA) is 24.1 Å². The van der Waals surface area contributed by atoms with Gasteiger partial charge in [-0.15, -0.1) is 0 Å². The highest BCUT2D eigenvalue weighted by atomic mass is 32.1. The molecule has 1 atom stereocenters. The zero-order valence-corrected chi connectivity index (χ0v) is 14.9. The number of allylic oxidation sites excluding steroid dienone is 1. The van der Waals surface area contributed by atoms with Gasteiger partial charge in [-0.25, -0.2) is 8.78 Å². The van der Waals surface area contributed by atoms with Gasteiger partial charge in [-0.3, -0.25) is 0 Å². The molecule has 0 aromatic heterocycles. The number of rotatable bonds is 2. The molecule has 132 valence electrons. The van der Waals surface area contributed by atoms with E-state index in [9.17, 15) is 8.78 Å². The number of benzene rings is 2. The Kier molecular flexibility index (Phi) is 4.55. The third-order valence-electron chi connectivity index (χ3n) is 4.81. The van der Waals surface area contributed by atoms with Crippen LogP contribution in [0.1, 0.15) is 36.4 Å². The van der Waals surface area contributed by atoms with E-state index in [1.54, 1.807) is 24.3 Å². The molecule has 2 N–H and O–H groups in total. The molecule has 1 heterocycles. The van der Waals surface area contributed by atoms with E-state index in [0.29, 0.717) is 5.11 Å². The first-order valence-corrected chi connectivity index (χ1v) is 9.03. The van der Waals surface area contributed by atoms with Crippen LogP contribution in [0.3, 0.4) is 0 Å². The molecule has 2 aliphatic rings. The van der Waals surface area contributed by atoms with Crippen molar-refractivity contribution >= 4 is 23.4 Å². The summed E-state index contributed by atoms with van der Waals surface area (Å²) in [5.74, 6) is -0.492. The molecule has 26 heavy (non-hydrogen) atoms. The highest BCUT2D eigenvalue weighted by Crippen LogP contribution is 2.38. The van der Waals surface area contributed by atoms with Crippen LogP contribution in [0.2, 0.25) is 0 Å². The standard InChI is InChI=1S/C21H18F2N2S/c22-16-8-4-13(5-9-16)12-15-2-1-3-18-19(24-21(26)25-20(15)18)14-6-10-17(23)11-7-14/h4-12,19H,1-3H2,(H2,24,25,26)/t19-/m0/s1. The summed E-state index contributed by atoms with van der Waals surface area (Å²) in [6.07, 6.45) is 4.99. The lowest BCUT2D eigenvalue weighted by molar-refractivity contribution is 0.602. The molecule has 2 aromatic rings. The summed E-state index contributed by atoms with van der Waals surface area (Å²) in [6.45, 7) is 0. The molecule has 1 aliphatic carbocycles. The molecule has 0 radical (unpaired) electrons. The lowest BCUT2D eigenvalue weighted by atomic mass is 9.83. The second-order valence-corrected chi connectivity index (χ2v) is 6.97. The van der Waals surface area contributed by atoms with Crippen LogP contribution in [0.25, 0.3) is 6.08 Å². The maximum atomic E-state index is 13.3. The van der Waals surface area contributed by atoms with E-state index in [1.165, 1.54) is 29.8 Å². The zero-order chi connectivity index (χ0) is 18.1. The Morgan fingerprint density at radius 1 is 0.923 bits per heavy atom. The van der Waals surface area contributed by atoms with E-state index in [4.69, 9.17) is 12.2 Å². The molecule has 5 heteroatoms. The Bertz CT molecular complexity index is 899. The van der Waals surface area contributed by atoms with Crippen LogP contribution < -0.4 is 10.6 Å². The van der Waals surface area contributed by atoms with Gasteiger partial charge in [0.25, 0.3) is 0 Å². The van der Waals surface area contributed by atoms with Gasteiger partial charge in [0.05, 0.1) is 6.04 Å². The van der Waals surface area contributed by atoms with Crippen molar-refractivity contribution in [1.29, 1.82) is 0 Å². The van der Waals surface area contributed by atoms with E-state index in [-0.39, 0.29) is 17.7 Å². The fourth-order valence-electron chi connectivity index (χ4n) is 3.59. The molecule has 2 nitrogen and oxygen atoms in total. The normalized spacial score (nSPS) is 21.2. The highest BCUT2D eigenvalue weighted by Gasteiger charge is 2.30. The summed E-state index contributed by atoms with van der Waals surface area (Å²) in [7, 11) is 0. The molecule has 2 aromatic carbocycles. The number of thiocarbonyl (C=S) groups is 1. The monoisotopic (exact) mass is 368 g/mol. The number of nitrogens with one attached hydrogen (secondary N) is 2. The molecule has 4 rings (SSSR count). The summed E-state index contributed by atoms with van der Waals surface area (Å²) >= 11 is 5.40. The Labute approximate surface area is 156 Å². The van der Waals surface area contributed by atoms with Gasteiger partial charge in [0.1, 0.15) is 11.6 Å². The predicted molar refractivity (Wildman–Crippen MR) is 103 cm³/mol. The molecule has 0 saturated heterocycles. The molecule has 0 amide bonds. The van der Waals surface area contributed by atoms with Crippen LogP contribution in [0.15, 0.2) is 65.4 Å². The first-order chi connectivity index (χ1) is 12.6. The van der Waals surface area contributed by atoms with Crippen molar-refractivity contribution in [2.24, 2.45) is 0 Å². The van der Waals surface area contributed by atoms with Crippen molar-refractivity contribution in [3.05, 3.63) is 88.1 Å². The summed E-state index contributed by atoms with van der Waals surface area (Å²) < 4.78 is 26.4. The van der Waals surface area contributed by atoms with E-state index < -0.39 is 0 Å². The number of hydrogen-bond donors (Lipinski definition) is 2. The largest absolute Gasteiger partial charge is 0.352 e. The Morgan fingerprint density at radius 3 is 2.27 bits per heavy atom. The minimum atomic E-state index is -0.250. The van der Waals surface area contributed by atoms with Crippen molar-refractivity contribution in [3.63, 3.8) is 0 Å². The van der Waals surface area contributed by atoms with Crippen LogP contribution in [0, 0.1) is 11.6 Å². The van der Waals surface area contributed by atoms with Crippen molar-refractivity contribution in [1.82, 2.24) is 10.6 Å². The second kappa shape index (κ2) is 7.00. The van der Waals surface area contributed by atoms with Gasteiger partial charge < -0.3 is 10.6 Å². The van der Waals surface area contributed by atoms with Crippen LogP contribution >= 0.6 is 12.2 Å². The Balaban J connectivity index is 1.75. The lowest BCUT2D eigenvalue weighted by Gasteiger charge is -2.36. The van der Waals surface area contributed by atoms with Gasteiger partial charge >= 0.3 is 0 Å². The molecule has 0 fully saturated rings. The Hall–Kier alpha value is -2.53. The van der Waals surface area contributed by atoms with Crippen LogP contribution in [-0.4, -0.2) is 5.11 Å². The first kappa shape index (κ1) is 16.9. The number of hydrogen-bond acceptors (Lipinski definition) is 1. The molecule has 0 unspecified atom stereocenters. The molecule has 0 spiro atoms. The molecule has 0 bridgehead atoms. The van der Waals surface area contributed by atoms with Crippen molar-refractivity contribution in [2.45, 2.75) is 25.3 Å². The fraction of sp³-hybridized carbons (Fsp3) is 0.190. The van der Waals surface area contributed by atoms with E-state index in [0.717, 1.165) is 41.7 Å². The zero-order valence-electron chi connectivity index (χ0n) is 14.1. The summed E-state index contributed by atoms with van der Waals surface area (Å²) in [5, 5.41) is 7.16. The summed E-state index contributed by atoms with van der Waals surface area (Å²) in [6, 6.07) is 12.9. The van der Waals surface area contributed by atoms with Gasteiger partial charge in [-0.2, -0.15) is 0 Å². The predicted octanol–water partition coefficient (Wildman–Crippen LogP) is 5.01. The van der Waals surface area contributed by atoms with Gasteiger partial charge in [-0.05, 0) is 84.1 Å². The van der Waals surface area contributed by atoms with Gasteiger partial charge in [-0.1, -0.05) is 24.3 Å². The maximum Gasteiger partial charge on any atom is 0.171 e. The molecule has 1 aliphatic heterocycles. The van der Waals surface area contributed by atoms with Crippen molar-refractivity contribution in [3.8, 4) is 0 Å². The smallest absolute Gasteiger partial charge is 0.171 e. The molecular formula is C21H18F2N2S. The van der Waals surface area contributed by atoms with Gasteiger partial charge in [0.2, 0.25) is 0 Å². The quantitative estimate of drug-likeness (QED) is 0.729. The van der Waals surface area contributed by atoms with Crippen LogP contribution in [-0.2, 0) is 0 Å². The van der Waals surface area contributed by atoms with E-state index >= 15 is 0 Å². The molecular weight excluding hydrogens is 350 g/mol. The van der Waals surface area contributed by atoms with Crippen molar-refractivity contribution in [2.75, 3.05) is 0 Å². The van der Waals surface area contributed by atoms with E-state index in [2.05, 4.69) is 16.7 Å². The first-order valence-electron chi connectivity index (χ1n) is 8.63. The molecule has 0 saturated carbocycles. The maximum absolute atomic E-state index is 13.3. The van der Waals surface area contributed by atoms with Gasteiger partial charge in [0.15, 0.2) is 5.11 Å². The van der Waals surface area contributed by atoms with Gasteiger partial charge in [0, 0.05) is 5.70 Å². The second-order valence-electron chi connectivity index (χ2n) is 6.56. The van der Waals surface area contributed by atoms with Crippen molar-refractivity contribution < 1.29 is 8.78 Å². The third-order valence-corrected chi connectivity index (χ3v) is 5.03. The summed E-state index contributed by atoms with van der Waals surface area (Å²) in [5.41, 5.74) is 5.38. The Morgan fingerprint density at radius 2 is 1.58 bits per heavy atom. The SMILES string of the molecule is Fc1ccc(C=C2CCCC3=C2NC(=S)N[C@H]3c2ccc(F)cc2)cc1. The van der Waals surface area contributed by atoms with Crippen LogP contribution in [0.5, 0.6) is 0 Å². The van der Waals surface area contributed by atoms with Crippen LogP contribution in [0.4, 0.5) is 8.78 Å². The minimum absolute atomic E-state index is 0.0590. The number of halogens is 2.